The van der Waals surface area contributed by atoms with Crippen LogP contribution in [0.1, 0.15) is 11.3 Å². The zero-order valence-electron chi connectivity index (χ0n) is 10.7. The molecule has 5 heteroatoms. The second-order valence-corrected chi connectivity index (χ2v) is 4.52. The van der Waals surface area contributed by atoms with Crippen molar-refractivity contribution in [3.8, 4) is 5.75 Å². The summed E-state index contributed by atoms with van der Waals surface area (Å²) in [5.74, 6) is 0.680. The Morgan fingerprint density at radius 1 is 1.44 bits per heavy atom. The molecule has 0 aliphatic carbocycles. The fraction of sp³-hybridized carbons (Fsp3) is 0.308. The van der Waals surface area contributed by atoms with Crippen molar-refractivity contribution in [2.24, 2.45) is 7.05 Å². The van der Waals surface area contributed by atoms with Gasteiger partial charge in [0.05, 0.1) is 17.8 Å². The molecule has 0 saturated carbocycles. The molecule has 18 heavy (non-hydrogen) atoms. The molecule has 0 unspecified atom stereocenters. The molecule has 2 rings (SSSR count). The fourth-order valence-electron chi connectivity index (χ4n) is 1.80. The summed E-state index contributed by atoms with van der Waals surface area (Å²) in [6, 6.07) is 5.64. The van der Waals surface area contributed by atoms with Gasteiger partial charge in [-0.2, -0.15) is 5.10 Å². The first kappa shape index (κ1) is 12.8. The summed E-state index contributed by atoms with van der Waals surface area (Å²) >= 11 is 6.07. The van der Waals surface area contributed by atoms with Gasteiger partial charge in [-0.3, -0.25) is 4.68 Å². The maximum Gasteiger partial charge on any atom is 0.137 e. The molecule has 0 aliphatic rings. The molecule has 0 fully saturated rings. The summed E-state index contributed by atoms with van der Waals surface area (Å²) in [5, 5.41) is 8.22. The molecule has 4 nitrogen and oxygen atoms in total. The fourth-order valence-corrected chi connectivity index (χ4v) is 2.05. The Kier molecular flexibility index (Phi) is 3.77. The maximum absolute atomic E-state index is 6.07. The predicted octanol–water partition coefficient (Wildman–Crippen LogP) is 3.00. The summed E-state index contributed by atoms with van der Waals surface area (Å²) in [6.45, 7) is 2.72. The lowest BCUT2D eigenvalue weighted by molar-refractivity contribution is 0.415. The molecule has 0 radical (unpaired) electrons. The molecule has 1 heterocycles. The number of nitrogens with zero attached hydrogens (tertiary/aromatic N) is 2. The number of benzene rings is 1. The van der Waals surface area contributed by atoms with Gasteiger partial charge in [0.1, 0.15) is 5.75 Å². The van der Waals surface area contributed by atoms with Gasteiger partial charge in [-0.05, 0) is 25.1 Å². The van der Waals surface area contributed by atoms with Crippen LogP contribution in [0.25, 0.3) is 0 Å². The van der Waals surface area contributed by atoms with Crippen molar-refractivity contribution in [3.05, 3.63) is 40.7 Å². The van der Waals surface area contributed by atoms with Crippen LogP contribution in [0, 0.1) is 6.92 Å². The minimum absolute atomic E-state index is 0.602. The van der Waals surface area contributed by atoms with Gasteiger partial charge in [-0.15, -0.1) is 0 Å². The van der Waals surface area contributed by atoms with Crippen molar-refractivity contribution >= 4 is 17.3 Å². The predicted molar refractivity (Wildman–Crippen MR) is 73.3 cm³/mol. The largest absolute Gasteiger partial charge is 0.495 e. The van der Waals surface area contributed by atoms with Crippen molar-refractivity contribution < 1.29 is 4.74 Å². The molecular weight excluding hydrogens is 250 g/mol. The molecule has 96 valence electrons. The third-order valence-corrected chi connectivity index (χ3v) is 3.05. The molecule has 0 amide bonds. The van der Waals surface area contributed by atoms with Gasteiger partial charge < -0.3 is 10.1 Å². The highest BCUT2D eigenvalue weighted by molar-refractivity contribution is 6.32. The average Bonchev–Trinajstić information content (AvgIpc) is 2.65. The van der Waals surface area contributed by atoms with E-state index in [9.17, 15) is 0 Å². The zero-order valence-corrected chi connectivity index (χ0v) is 11.5. The Morgan fingerprint density at radius 2 is 2.22 bits per heavy atom. The van der Waals surface area contributed by atoms with E-state index in [0.717, 1.165) is 17.9 Å². The number of anilines is 1. The van der Waals surface area contributed by atoms with Crippen LogP contribution in [0.15, 0.2) is 24.4 Å². The van der Waals surface area contributed by atoms with Gasteiger partial charge in [0, 0.05) is 31.0 Å². The highest BCUT2D eigenvalue weighted by Gasteiger charge is 2.04. The average molecular weight is 266 g/mol. The van der Waals surface area contributed by atoms with Gasteiger partial charge >= 0.3 is 0 Å². The van der Waals surface area contributed by atoms with Crippen molar-refractivity contribution in [1.29, 1.82) is 0 Å². The lowest BCUT2D eigenvalue weighted by Crippen LogP contribution is -2.00. The highest BCUT2D eigenvalue weighted by Crippen LogP contribution is 2.27. The number of methoxy groups -OCH3 is 1. The summed E-state index contributed by atoms with van der Waals surface area (Å²) in [7, 11) is 3.52. The Labute approximate surface area is 112 Å². The Bertz CT molecular complexity index is 551. The summed E-state index contributed by atoms with van der Waals surface area (Å²) in [4.78, 5) is 0. The first-order chi connectivity index (χ1) is 8.60. The standard InChI is InChI=1S/C13H16ClN3O/c1-9-10(8-17(2)16-9)7-15-11-4-5-13(18-3)12(14)6-11/h4-6,8,15H,7H2,1-3H3. The molecule has 1 aromatic carbocycles. The highest BCUT2D eigenvalue weighted by atomic mass is 35.5. The number of rotatable bonds is 4. The van der Waals surface area contributed by atoms with Crippen LogP contribution in [0.3, 0.4) is 0 Å². The SMILES string of the molecule is COc1ccc(NCc2cn(C)nc2C)cc1Cl. The molecule has 0 saturated heterocycles. The van der Waals surface area contributed by atoms with E-state index in [-0.39, 0.29) is 0 Å². The number of halogens is 1. The summed E-state index contributed by atoms with van der Waals surface area (Å²) < 4.78 is 6.92. The van der Waals surface area contributed by atoms with Crippen LogP contribution in [0.2, 0.25) is 5.02 Å². The number of aryl methyl sites for hydroxylation is 2. The number of ether oxygens (including phenoxy) is 1. The topological polar surface area (TPSA) is 39.1 Å². The zero-order chi connectivity index (χ0) is 13.1. The number of nitrogens with one attached hydrogen (secondary N) is 1. The lowest BCUT2D eigenvalue weighted by Gasteiger charge is -2.08. The molecule has 2 aromatic rings. The van der Waals surface area contributed by atoms with E-state index in [1.54, 1.807) is 7.11 Å². The van der Waals surface area contributed by atoms with E-state index in [2.05, 4.69) is 10.4 Å². The molecule has 0 atom stereocenters. The van der Waals surface area contributed by atoms with Crippen molar-refractivity contribution in [2.75, 3.05) is 12.4 Å². The number of hydrogen-bond acceptors (Lipinski definition) is 3. The molecule has 0 aliphatic heterocycles. The van der Waals surface area contributed by atoms with Gasteiger partial charge in [0.2, 0.25) is 0 Å². The van der Waals surface area contributed by atoms with Gasteiger partial charge in [0.15, 0.2) is 0 Å². The molecule has 1 aromatic heterocycles. The third-order valence-electron chi connectivity index (χ3n) is 2.75. The summed E-state index contributed by atoms with van der Waals surface area (Å²) in [6.07, 6.45) is 2.01. The van der Waals surface area contributed by atoms with Crippen LogP contribution in [-0.2, 0) is 13.6 Å². The Hall–Kier alpha value is -1.68. The van der Waals surface area contributed by atoms with Gasteiger partial charge in [0.25, 0.3) is 0 Å². The third kappa shape index (κ3) is 2.76. The molecule has 1 N–H and O–H groups in total. The molecule has 0 spiro atoms. The van der Waals surface area contributed by atoms with Crippen LogP contribution in [-0.4, -0.2) is 16.9 Å². The number of aromatic nitrogens is 2. The first-order valence-corrected chi connectivity index (χ1v) is 6.04. The van der Waals surface area contributed by atoms with Crippen molar-refractivity contribution in [3.63, 3.8) is 0 Å². The van der Waals surface area contributed by atoms with E-state index < -0.39 is 0 Å². The second-order valence-electron chi connectivity index (χ2n) is 4.12. The van der Waals surface area contributed by atoms with Crippen LogP contribution in [0.4, 0.5) is 5.69 Å². The monoisotopic (exact) mass is 265 g/mol. The van der Waals surface area contributed by atoms with Crippen molar-refractivity contribution in [2.45, 2.75) is 13.5 Å². The van der Waals surface area contributed by atoms with E-state index >= 15 is 0 Å². The van der Waals surface area contributed by atoms with E-state index in [4.69, 9.17) is 16.3 Å². The van der Waals surface area contributed by atoms with Crippen LogP contribution < -0.4 is 10.1 Å². The number of hydrogen-bond donors (Lipinski definition) is 1. The molecular formula is C13H16ClN3O. The van der Waals surface area contributed by atoms with E-state index in [1.165, 1.54) is 5.56 Å². The van der Waals surface area contributed by atoms with Gasteiger partial charge in [-0.25, -0.2) is 0 Å². The van der Waals surface area contributed by atoms with Crippen molar-refractivity contribution in [1.82, 2.24) is 9.78 Å². The first-order valence-electron chi connectivity index (χ1n) is 5.66. The van der Waals surface area contributed by atoms with Gasteiger partial charge in [-0.1, -0.05) is 11.6 Å². The maximum atomic E-state index is 6.07. The molecule has 0 bridgehead atoms. The van der Waals surface area contributed by atoms with Crippen LogP contribution >= 0.6 is 11.6 Å². The smallest absolute Gasteiger partial charge is 0.137 e. The normalized spacial score (nSPS) is 10.4. The summed E-state index contributed by atoms with van der Waals surface area (Å²) in [5.41, 5.74) is 3.16. The van der Waals surface area contributed by atoms with Crippen LogP contribution in [0.5, 0.6) is 5.75 Å². The minimum atomic E-state index is 0.602. The van der Waals surface area contributed by atoms with E-state index in [1.807, 2.05) is 43.0 Å². The quantitative estimate of drug-likeness (QED) is 0.924. The van der Waals surface area contributed by atoms with E-state index in [0.29, 0.717) is 10.8 Å². The lowest BCUT2D eigenvalue weighted by atomic mass is 10.2. The Balaban J connectivity index is 2.06. The second kappa shape index (κ2) is 5.31. The Morgan fingerprint density at radius 3 is 2.78 bits per heavy atom. The minimum Gasteiger partial charge on any atom is -0.495 e.